The predicted octanol–water partition coefficient (Wildman–Crippen LogP) is 5.11. The first-order valence-electron chi connectivity index (χ1n) is 11.0. The van der Waals surface area contributed by atoms with Crippen LogP contribution in [0.1, 0.15) is 58.6 Å². The maximum absolute atomic E-state index is 12.8. The lowest BCUT2D eigenvalue weighted by molar-refractivity contribution is 0.0110. The van der Waals surface area contributed by atoms with E-state index in [0.29, 0.717) is 24.5 Å². The van der Waals surface area contributed by atoms with E-state index in [1.165, 1.54) is 12.4 Å². The fourth-order valence-electron chi connectivity index (χ4n) is 4.10. The minimum atomic E-state index is -0.539. The Balaban J connectivity index is 2.39. The van der Waals surface area contributed by atoms with Crippen LogP contribution in [0.4, 0.5) is 10.6 Å². The van der Waals surface area contributed by atoms with Gasteiger partial charge in [0.15, 0.2) is 0 Å². The van der Waals surface area contributed by atoms with E-state index in [1.54, 1.807) is 12.3 Å². The van der Waals surface area contributed by atoms with E-state index in [1.807, 2.05) is 45.6 Å². The maximum Gasteiger partial charge on any atom is 0.410 e. The van der Waals surface area contributed by atoms with Crippen molar-refractivity contribution in [1.29, 1.82) is 10.8 Å². The summed E-state index contributed by atoms with van der Waals surface area (Å²) in [4.78, 5) is 24.2. The standard InChI is InChI=1S/C24H36N6O2/c1-7-20(21-19(15-28-22(21)27-6)17(14-26)11-12-25)29-13-9-10-18(16-29)30(8-2)23(31)32-24(3,4)5/h7,11-12,14-15,18,25-26,28H,6,8-10,13,16H2,1-5H3/b17-11+,20-7+,25-12?,26-14?/t18-/m0/s1. The van der Waals surface area contributed by atoms with Crippen molar-refractivity contribution in [3.8, 4) is 0 Å². The van der Waals surface area contributed by atoms with Crippen LogP contribution in [0.25, 0.3) is 11.3 Å². The molecular weight excluding hydrogens is 404 g/mol. The molecule has 0 saturated carbocycles. The third kappa shape index (κ3) is 5.75. The molecule has 1 fully saturated rings. The molecule has 2 heterocycles. The molecule has 1 aliphatic heterocycles. The van der Waals surface area contributed by atoms with Gasteiger partial charge in [0.1, 0.15) is 11.4 Å². The third-order valence-electron chi connectivity index (χ3n) is 5.42. The number of carbonyl (C=O) groups excluding carboxylic acids is 1. The van der Waals surface area contributed by atoms with Crippen LogP contribution in [0, 0.1) is 10.8 Å². The monoisotopic (exact) mass is 440 g/mol. The highest BCUT2D eigenvalue weighted by molar-refractivity contribution is 6.14. The molecule has 1 aliphatic rings. The Kier molecular flexibility index (Phi) is 8.57. The zero-order chi connectivity index (χ0) is 23.9. The highest BCUT2D eigenvalue weighted by atomic mass is 16.6. The van der Waals surface area contributed by atoms with Crippen molar-refractivity contribution in [1.82, 2.24) is 14.8 Å². The quantitative estimate of drug-likeness (QED) is 0.489. The van der Waals surface area contributed by atoms with Gasteiger partial charge in [0.05, 0.1) is 6.04 Å². The van der Waals surface area contributed by atoms with Crippen LogP contribution >= 0.6 is 0 Å². The topological polar surface area (TPSA) is 109 Å². The molecule has 1 saturated heterocycles. The Labute approximate surface area is 191 Å². The largest absolute Gasteiger partial charge is 0.444 e. The number of likely N-dealkylation sites (tertiary alicyclic amines) is 1. The number of hydrogen-bond acceptors (Lipinski definition) is 6. The van der Waals surface area contributed by atoms with E-state index >= 15 is 0 Å². The summed E-state index contributed by atoms with van der Waals surface area (Å²) in [6.07, 6.45) is 9.37. The molecule has 1 atom stereocenters. The molecule has 32 heavy (non-hydrogen) atoms. The second kappa shape index (κ2) is 10.9. The van der Waals surface area contributed by atoms with E-state index in [4.69, 9.17) is 15.6 Å². The van der Waals surface area contributed by atoms with Crippen LogP contribution in [0.5, 0.6) is 0 Å². The lowest BCUT2D eigenvalue weighted by atomic mass is 9.98. The first kappa shape index (κ1) is 25.1. The summed E-state index contributed by atoms with van der Waals surface area (Å²) in [6, 6.07) is 0.0282. The van der Waals surface area contributed by atoms with Gasteiger partial charge in [-0.05, 0) is 60.3 Å². The smallest absolute Gasteiger partial charge is 0.410 e. The number of rotatable bonds is 8. The third-order valence-corrected chi connectivity index (χ3v) is 5.42. The number of aliphatic imine (C=N–C) groups is 1. The van der Waals surface area contributed by atoms with Crippen molar-refractivity contribution in [3.63, 3.8) is 0 Å². The summed E-state index contributed by atoms with van der Waals surface area (Å²) < 4.78 is 5.64. The second-order valence-corrected chi connectivity index (χ2v) is 8.70. The van der Waals surface area contributed by atoms with Gasteiger partial charge >= 0.3 is 6.09 Å². The van der Waals surface area contributed by atoms with Crippen molar-refractivity contribution in [3.05, 3.63) is 29.5 Å². The molecule has 3 N–H and O–H groups in total. The SMILES string of the molecule is C=Nc1[nH]cc(/C(C=N)=C/C=N)c1/C(=C\C)N1CCC[C@H](N(CC)C(=O)OC(C)(C)C)C1. The highest BCUT2D eigenvalue weighted by Gasteiger charge is 2.32. The second-order valence-electron chi connectivity index (χ2n) is 8.70. The van der Waals surface area contributed by atoms with Gasteiger partial charge in [0.25, 0.3) is 0 Å². The summed E-state index contributed by atoms with van der Waals surface area (Å²) in [7, 11) is 0. The molecule has 0 aromatic carbocycles. The molecule has 1 amide bonds. The van der Waals surface area contributed by atoms with Gasteiger partial charge in [-0.25, -0.2) is 9.79 Å². The molecule has 8 nitrogen and oxygen atoms in total. The Morgan fingerprint density at radius 2 is 2.16 bits per heavy atom. The normalized spacial score (nSPS) is 17.7. The molecule has 1 aromatic heterocycles. The van der Waals surface area contributed by atoms with Crippen LogP contribution in [-0.2, 0) is 4.74 Å². The molecule has 2 rings (SSSR count). The Bertz CT molecular complexity index is 906. The van der Waals surface area contributed by atoms with Gasteiger partial charge in [-0.1, -0.05) is 6.08 Å². The minimum Gasteiger partial charge on any atom is -0.444 e. The number of aromatic nitrogens is 1. The van der Waals surface area contributed by atoms with Gasteiger partial charge in [0, 0.05) is 60.7 Å². The van der Waals surface area contributed by atoms with Gasteiger partial charge in [-0.3, -0.25) is 0 Å². The number of carbonyl (C=O) groups is 1. The van der Waals surface area contributed by atoms with Crippen LogP contribution < -0.4 is 0 Å². The van der Waals surface area contributed by atoms with E-state index in [0.717, 1.165) is 36.2 Å². The summed E-state index contributed by atoms with van der Waals surface area (Å²) in [5.74, 6) is 0.618. The van der Waals surface area contributed by atoms with Crippen molar-refractivity contribution in [2.24, 2.45) is 4.99 Å². The van der Waals surface area contributed by atoms with E-state index in [-0.39, 0.29) is 12.1 Å². The molecule has 0 unspecified atom stereocenters. The number of ether oxygens (including phenoxy) is 1. The van der Waals surface area contributed by atoms with Crippen LogP contribution in [0.3, 0.4) is 0 Å². The number of nitrogens with zero attached hydrogens (tertiary/aromatic N) is 3. The first-order valence-corrected chi connectivity index (χ1v) is 11.0. The highest BCUT2D eigenvalue weighted by Crippen LogP contribution is 2.36. The summed E-state index contributed by atoms with van der Waals surface area (Å²) in [6.45, 7) is 15.4. The lowest BCUT2D eigenvalue weighted by Gasteiger charge is -2.41. The van der Waals surface area contributed by atoms with Gasteiger partial charge in [-0.15, -0.1) is 0 Å². The molecule has 1 aromatic rings. The number of H-pyrrole nitrogens is 1. The number of amides is 1. The minimum absolute atomic E-state index is 0.0282. The summed E-state index contributed by atoms with van der Waals surface area (Å²) >= 11 is 0. The van der Waals surface area contributed by atoms with Crippen molar-refractivity contribution < 1.29 is 9.53 Å². The molecule has 0 bridgehead atoms. The van der Waals surface area contributed by atoms with E-state index in [9.17, 15) is 4.79 Å². The van der Waals surface area contributed by atoms with Crippen LogP contribution in [-0.4, -0.2) is 71.3 Å². The van der Waals surface area contributed by atoms with E-state index < -0.39 is 5.60 Å². The maximum atomic E-state index is 12.8. The average Bonchev–Trinajstić information content (AvgIpc) is 3.16. The van der Waals surface area contributed by atoms with Crippen LogP contribution in [0.2, 0.25) is 0 Å². The van der Waals surface area contributed by atoms with Gasteiger partial charge in [-0.2, -0.15) is 0 Å². The van der Waals surface area contributed by atoms with Crippen molar-refractivity contribution in [2.45, 2.75) is 59.1 Å². The van der Waals surface area contributed by atoms with Crippen molar-refractivity contribution >= 4 is 42.3 Å². The molecule has 0 aliphatic carbocycles. The molecule has 0 radical (unpaired) electrons. The Hall–Kier alpha value is -3.16. The van der Waals surface area contributed by atoms with Gasteiger partial charge < -0.3 is 30.3 Å². The summed E-state index contributed by atoms with van der Waals surface area (Å²) in [5, 5.41) is 15.2. The molecule has 8 heteroatoms. The van der Waals surface area contributed by atoms with Gasteiger partial charge in [0.2, 0.25) is 0 Å². The number of nitrogens with one attached hydrogen (secondary N) is 3. The molecule has 174 valence electrons. The number of likely N-dealkylation sites (N-methyl/N-ethyl adjacent to an activating group) is 1. The number of allylic oxidation sites excluding steroid dienone is 3. The van der Waals surface area contributed by atoms with Crippen molar-refractivity contribution in [2.75, 3.05) is 19.6 Å². The number of aromatic amines is 1. The molecule has 0 spiro atoms. The predicted molar refractivity (Wildman–Crippen MR) is 132 cm³/mol. The fourth-order valence-corrected chi connectivity index (χ4v) is 4.10. The summed E-state index contributed by atoms with van der Waals surface area (Å²) in [5.41, 5.74) is 2.67. The first-order chi connectivity index (χ1) is 15.2. The number of hydrogen-bond donors (Lipinski definition) is 3. The lowest BCUT2D eigenvalue weighted by Crippen LogP contribution is -2.50. The Morgan fingerprint density at radius 3 is 2.69 bits per heavy atom. The zero-order valence-corrected chi connectivity index (χ0v) is 19.9. The zero-order valence-electron chi connectivity index (χ0n) is 19.9. The van der Waals surface area contributed by atoms with E-state index in [2.05, 4.69) is 21.6 Å². The van der Waals surface area contributed by atoms with Crippen LogP contribution in [0.15, 0.2) is 23.3 Å². The number of piperidine rings is 1. The fraction of sp³-hybridized carbons (Fsp3) is 0.500. The molecular formula is C24H36N6O2. The average molecular weight is 441 g/mol. The Morgan fingerprint density at radius 1 is 1.44 bits per heavy atom.